The second-order valence-electron chi connectivity index (χ2n) is 5.56. The first-order chi connectivity index (χ1) is 8.70. The predicted octanol–water partition coefficient (Wildman–Crippen LogP) is 2.39. The number of hydrogen-bond donors (Lipinski definition) is 1. The van der Waals surface area contributed by atoms with E-state index in [4.69, 9.17) is 10.7 Å². The Labute approximate surface area is 117 Å². The molecule has 0 aliphatic heterocycles. The van der Waals surface area contributed by atoms with Gasteiger partial charge in [-0.15, -0.1) is 0 Å². The molecule has 19 heavy (non-hydrogen) atoms. The smallest absolute Gasteiger partial charge is 0.261 e. The Morgan fingerprint density at radius 1 is 1.37 bits per heavy atom. The maximum atomic E-state index is 11.9. The van der Waals surface area contributed by atoms with Crippen molar-refractivity contribution >= 4 is 25.6 Å². The van der Waals surface area contributed by atoms with Crippen molar-refractivity contribution in [3.05, 3.63) is 29.8 Å². The molecule has 6 heteroatoms. The third-order valence-corrected chi connectivity index (χ3v) is 4.99. The molecule has 1 amide bonds. The molecule has 1 fully saturated rings. The Morgan fingerprint density at radius 2 is 1.89 bits per heavy atom. The number of carbonyl (C=O) groups is 1. The summed E-state index contributed by atoms with van der Waals surface area (Å²) in [5, 5.41) is 2.85. The quantitative estimate of drug-likeness (QED) is 0.869. The van der Waals surface area contributed by atoms with Crippen LogP contribution in [0.2, 0.25) is 0 Å². The van der Waals surface area contributed by atoms with Crippen molar-refractivity contribution in [2.24, 2.45) is 11.3 Å². The number of carbonyl (C=O) groups excluding carboxylic acids is 1. The summed E-state index contributed by atoms with van der Waals surface area (Å²) in [6.45, 7) is 5.00. The average molecular weight is 302 g/mol. The maximum absolute atomic E-state index is 11.9. The van der Waals surface area contributed by atoms with E-state index >= 15 is 0 Å². The molecule has 1 aliphatic carbocycles. The Bertz CT molecular complexity index is 593. The molecule has 1 aliphatic rings. The lowest BCUT2D eigenvalue weighted by molar-refractivity contribution is 0.0950. The average Bonchev–Trinajstić information content (AvgIpc) is 2.93. The highest BCUT2D eigenvalue weighted by Gasteiger charge is 2.45. The number of rotatable bonds is 4. The summed E-state index contributed by atoms with van der Waals surface area (Å²) < 4.78 is 22.1. The topological polar surface area (TPSA) is 63.2 Å². The highest BCUT2D eigenvalue weighted by Crippen LogP contribution is 2.50. The van der Waals surface area contributed by atoms with Crippen LogP contribution in [0.4, 0.5) is 0 Å². The number of halogens is 1. The Hall–Kier alpha value is -1.07. The number of benzene rings is 1. The summed E-state index contributed by atoms with van der Waals surface area (Å²) in [5.74, 6) is 0.333. The zero-order chi connectivity index (χ0) is 14.3. The number of nitrogens with one attached hydrogen (secondary N) is 1. The maximum Gasteiger partial charge on any atom is 0.261 e. The minimum absolute atomic E-state index is 0.00552. The van der Waals surface area contributed by atoms with E-state index in [2.05, 4.69) is 19.2 Å². The molecular formula is C13H16ClNO3S. The molecule has 1 aromatic carbocycles. The van der Waals surface area contributed by atoms with Crippen LogP contribution >= 0.6 is 10.7 Å². The van der Waals surface area contributed by atoms with Crippen molar-refractivity contribution in [1.82, 2.24) is 5.32 Å². The van der Waals surface area contributed by atoms with E-state index in [9.17, 15) is 13.2 Å². The van der Waals surface area contributed by atoms with E-state index in [0.717, 1.165) is 6.42 Å². The van der Waals surface area contributed by atoms with Crippen LogP contribution in [0.25, 0.3) is 0 Å². The predicted molar refractivity (Wildman–Crippen MR) is 73.7 cm³/mol. The summed E-state index contributed by atoms with van der Waals surface area (Å²) in [6.07, 6.45) is 1.12. The van der Waals surface area contributed by atoms with Crippen molar-refractivity contribution in [3.63, 3.8) is 0 Å². The van der Waals surface area contributed by atoms with Gasteiger partial charge in [0.25, 0.3) is 15.0 Å². The van der Waals surface area contributed by atoms with Gasteiger partial charge in [0, 0.05) is 22.8 Å². The van der Waals surface area contributed by atoms with Gasteiger partial charge in [-0.3, -0.25) is 4.79 Å². The summed E-state index contributed by atoms with van der Waals surface area (Å²) in [6, 6.07) is 5.59. The highest BCUT2D eigenvalue weighted by atomic mass is 35.7. The minimum atomic E-state index is -3.74. The second kappa shape index (κ2) is 4.80. The second-order valence-corrected chi connectivity index (χ2v) is 8.13. The Kier molecular flexibility index (Phi) is 3.62. The molecule has 0 radical (unpaired) electrons. The molecule has 1 aromatic rings. The van der Waals surface area contributed by atoms with Crippen molar-refractivity contribution in [1.29, 1.82) is 0 Å². The van der Waals surface area contributed by atoms with Gasteiger partial charge in [0.15, 0.2) is 0 Å². The van der Waals surface area contributed by atoms with E-state index in [-0.39, 0.29) is 10.8 Å². The van der Waals surface area contributed by atoms with Gasteiger partial charge in [-0.2, -0.15) is 0 Å². The molecule has 2 rings (SSSR count). The van der Waals surface area contributed by atoms with Crippen molar-refractivity contribution < 1.29 is 13.2 Å². The minimum Gasteiger partial charge on any atom is -0.352 e. The number of amides is 1. The Morgan fingerprint density at radius 3 is 2.32 bits per heavy atom. The molecule has 4 nitrogen and oxygen atoms in total. The third kappa shape index (κ3) is 3.48. The molecule has 0 bridgehead atoms. The molecule has 1 unspecified atom stereocenters. The van der Waals surface area contributed by atoms with Crippen LogP contribution in [0.5, 0.6) is 0 Å². The van der Waals surface area contributed by atoms with Gasteiger partial charge in [0.05, 0.1) is 4.90 Å². The highest BCUT2D eigenvalue weighted by molar-refractivity contribution is 8.13. The summed E-state index contributed by atoms with van der Waals surface area (Å²) >= 11 is 0. The van der Waals surface area contributed by atoms with Crippen LogP contribution in [0.1, 0.15) is 30.6 Å². The van der Waals surface area contributed by atoms with Crippen LogP contribution in [0.3, 0.4) is 0 Å². The molecule has 1 atom stereocenters. The van der Waals surface area contributed by atoms with Crippen molar-refractivity contribution in [3.8, 4) is 0 Å². The lowest BCUT2D eigenvalue weighted by Gasteiger charge is -2.07. The number of hydrogen-bond acceptors (Lipinski definition) is 3. The monoisotopic (exact) mass is 301 g/mol. The van der Waals surface area contributed by atoms with Gasteiger partial charge in [-0.05, 0) is 42.0 Å². The normalized spacial score (nSPS) is 20.9. The summed E-state index contributed by atoms with van der Waals surface area (Å²) in [7, 11) is 1.47. The van der Waals surface area contributed by atoms with Gasteiger partial charge in [0.1, 0.15) is 0 Å². The molecule has 1 N–H and O–H groups in total. The zero-order valence-corrected chi connectivity index (χ0v) is 12.4. The summed E-state index contributed by atoms with van der Waals surface area (Å²) in [5.41, 5.74) is 0.756. The van der Waals surface area contributed by atoms with E-state index < -0.39 is 9.05 Å². The van der Waals surface area contributed by atoms with E-state index in [1.807, 2.05) is 0 Å². The third-order valence-electron chi connectivity index (χ3n) is 3.62. The van der Waals surface area contributed by atoms with Gasteiger partial charge in [-0.25, -0.2) is 8.42 Å². The van der Waals surface area contributed by atoms with Crippen LogP contribution in [0.15, 0.2) is 29.2 Å². The molecule has 104 valence electrons. The summed E-state index contributed by atoms with van der Waals surface area (Å²) in [4.78, 5) is 11.8. The van der Waals surface area contributed by atoms with Crippen molar-refractivity contribution in [2.45, 2.75) is 25.2 Å². The van der Waals surface area contributed by atoms with Gasteiger partial charge in [0.2, 0.25) is 0 Å². The first-order valence-electron chi connectivity index (χ1n) is 6.03. The first-order valence-corrected chi connectivity index (χ1v) is 8.34. The molecular weight excluding hydrogens is 286 g/mol. The first kappa shape index (κ1) is 14.3. The molecule has 0 aromatic heterocycles. The van der Waals surface area contributed by atoms with E-state index in [1.165, 1.54) is 24.3 Å². The van der Waals surface area contributed by atoms with Gasteiger partial charge >= 0.3 is 0 Å². The fourth-order valence-corrected chi connectivity index (χ4v) is 2.78. The van der Waals surface area contributed by atoms with Crippen LogP contribution in [0, 0.1) is 11.3 Å². The SMILES string of the molecule is CC1(C)CC1CNC(=O)c1ccc(S(=O)(=O)Cl)cc1. The van der Waals surface area contributed by atoms with Crippen molar-refractivity contribution in [2.75, 3.05) is 6.54 Å². The van der Waals surface area contributed by atoms with E-state index in [0.29, 0.717) is 23.4 Å². The lowest BCUT2D eigenvalue weighted by Crippen LogP contribution is -2.26. The largest absolute Gasteiger partial charge is 0.352 e. The van der Waals surface area contributed by atoms with Crippen LogP contribution < -0.4 is 5.32 Å². The standard InChI is InChI=1S/C13H16ClNO3S/c1-13(2)7-10(13)8-15-12(16)9-3-5-11(6-4-9)19(14,17)18/h3-6,10H,7-8H2,1-2H3,(H,15,16). The molecule has 0 saturated heterocycles. The molecule has 0 heterocycles. The molecule has 0 spiro atoms. The lowest BCUT2D eigenvalue weighted by atomic mass is 10.1. The van der Waals surface area contributed by atoms with Gasteiger partial charge in [-0.1, -0.05) is 13.8 Å². The Balaban J connectivity index is 1.97. The van der Waals surface area contributed by atoms with Crippen LogP contribution in [-0.4, -0.2) is 20.9 Å². The van der Waals surface area contributed by atoms with Gasteiger partial charge < -0.3 is 5.32 Å². The molecule has 1 saturated carbocycles. The fraction of sp³-hybridized carbons (Fsp3) is 0.462. The van der Waals surface area contributed by atoms with Crippen LogP contribution in [-0.2, 0) is 9.05 Å². The van der Waals surface area contributed by atoms with E-state index in [1.54, 1.807) is 0 Å². The fourth-order valence-electron chi connectivity index (χ4n) is 2.01. The zero-order valence-electron chi connectivity index (χ0n) is 10.8.